The van der Waals surface area contributed by atoms with Crippen molar-refractivity contribution >= 4 is 11.6 Å². The summed E-state index contributed by atoms with van der Waals surface area (Å²) in [7, 11) is 0. The van der Waals surface area contributed by atoms with Crippen LogP contribution >= 0.6 is 0 Å². The Balaban J connectivity index is 2.12. The molecule has 0 aliphatic heterocycles. The van der Waals surface area contributed by atoms with Gasteiger partial charge in [-0.2, -0.15) is 13.2 Å². The van der Waals surface area contributed by atoms with Gasteiger partial charge >= 0.3 is 6.18 Å². The van der Waals surface area contributed by atoms with E-state index in [1.807, 2.05) is 0 Å². The second kappa shape index (κ2) is 5.05. The number of amides is 1. The third-order valence-electron chi connectivity index (χ3n) is 2.29. The van der Waals surface area contributed by atoms with Crippen molar-refractivity contribution < 1.29 is 18.0 Å². The lowest BCUT2D eigenvalue weighted by Crippen LogP contribution is -2.13. The van der Waals surface area contributed by atoms with Crippen molar-refractivity contribution in [2.24, 2.45) is 0 Å². The molecule has 19 heavy (non-hydrogen) atoms. The number of hydrogen-bond acceptors (Lipinski definition) is 3. The van der Waals surface area contributed by atoms with E-state index in [1.165, 1.54) is 18.7 Å². The van der Waals surface area contributed by atoms with E-state index in [2.05, 4.69) is 15.3 Å². The van der Waals surface area contributed by atoms with E-state index in [9.17, 15) is 18.0 Å². The fourth-order valence-corrected chi connectivity index (χ4v) is 1.38. The molecule has 1 heterocycles. The summed E-state index contributed by atoms with van der Waals surface area (Å²) in [6, 6.07) is 3.94. The van der Waals surface area contributed by atoms with Crippen LogP contribution in [0.4, 0.5) is 18.9 Å². The molecule has 2 aromatic rings. The summed E-state index contributed by atoms with van der Waals surface area (Å²) in [6.07, 6.45) is -0.347. The first-order chi connectivity index (χ1) is 8.97. The summed E-state index contributed by atoms with van der Waals surface area (Å²) in [5.41, 5.74) is -0.309. The molecule has 1 amide bonds. The van der Waals surface area contributed by atoms with Crippen molar-refractivity contribution in [3.63, 3.8) is 0 Å². The van der Waals surface area contributed by atoms with Crippen molar-refractivity contribution in [2.75, 3.05) is 5.32 Å². The highest BCUT2D eigenvalue weighted by Crippen LogP contribution is 2.29. The van der Waals surface area contributed by atoms with Gasteiger partial charge in [0.15, 0.2) is 0 Å². The number of nitrogens with one attached hydrogen (secondary N) is 1. The number of anilines is 1. The van der Waals surface area contributed by atoms with E-state index in [1.54, 1.807) is 0 Å². The maximum absolute atomic E-state index is 12.4. The molecule has 0 aliphatic rings. The number of alkyl halides is 3. The first-order valence-electron chi connectivity index (χ1n) is 5.20. The zero-order chi connectivity index (χ0) is 13.9. The Morgan fingerprint density at radius 1 is 1.05 bits per heavy atom. The predicted octanol–water partition coefficient (Wildman–Crippen LogP) is 2.75. The second-order valence-electron chi connectivity index (χ2n) is 3.66. The van der Waals surface area contributed by atoms with Crippen molar-refractivity contribution in [2.45, 2.75) is 6.18 Å². The molecule has 0 saturated carbocycles. The topological polar surface area (TPSA) is 54.9 Å². The molecule has 98 valence electrons. The first kappa shape index (κ1) is 13.0. The van der Waals surface area contributed by atoms with Gasteiger partial charge in [-0.3, -0.25) is 4.79 Å². The molecule has 0 unspecified atom stereocenters. The molecule has 0 radical (unpaired) electrons. The Kier molecular flexibility index (Phi) is 3.46. The van der Waals surface area contributed by atoms with E-state index in [-0.39, 0.29) is 5.56 Å². The smallest absolute Gasteiger partial charge is 0.319 e. The molecule has 0 aliphatic carbocycles. The summed E-state index contributed by atoms with van der Waals surface area (Å²) in [5.74, 6) is -0.525. The van der Waals surface area contributed by atoms with Crippen molar-refractivity contribution in [1.29, 1.82) is 0 Å². The molecule has 0 bridgehead atoms. The van der Waals surface area contributed by atoms with Gasteiger partial charge in [-0.05, 0) is 24.3 Å². The number of rotatable bonds is 2. The number of benzene rings is 1. The molecule has 1 N–H and O–H groups in total. The minimum atomic E-state index is -4.41. The number of aromatic nitrogens is 2. The van der Waals surface area contributed by atoms with Crippen LogP contribution < -0.4 is 5.32 Å². The van der Waals surface area contributed by atoms with Crippen LogP contribution in [0.5, 0.6) is 0 Å². The molecule has 1 aromatic heterocycles. The highest BCUT2D eigenvalue weighted by atomic mass is 19.4. The maximum Gasteiger partial charge on any atom is 0.416 e. The van der Waals surface area contributed by atoms with E-state index in [4.69, 9.17) is 0 Å². The van der Waals surface area contributed by atoms with E-state index < -0.39 is 17.6 Å². The van der Waals surface area contributed by atoms with Crippen LogP contribution in [-0.2, 0) is 6.18 Å². The number of carbonyl (C=O) groups is 1. The van der Waals surface area contributed by atoms with Gasteiger partial charge in [-0.25, -0.2) is 9.97 Å². The van der Waals surface area contributed by atoms with E-state index in [0.717, 1.165) is 24.3 Å². The fraction of sp³-hybridized carbons (Fsp3) is 0.0833. The molecule has 0 saturated heterocycles. The van der Waals surface area contributed by atoms with Gasteiger partial charge in [0.1, 0.15) is 6.33 Å². The van der Waals surface area contributed by atoms with Crippen molar-refractivity contribution in [3.05, 3.63) is 54.1 Å². The van der Waals surface area contributed by atoms with Crippen molar-refractivity contribution in [1.82, 2.24) is 9.97 Å². The summed E-state index contributed by atoms with van der Waals surface area (Å²) < 4.78 is 37.1. The van der Waals surface area contributed by atoms with Crippen LogP contribution in [0.2, 0.25) is 0 Å². The van der Waals surface area contributed by atoms with Gasteiger partial charge in [0.2, 0.25) is 0 Å². The third kappa shape index (κ3) is 3.27. The molecular weight excluding hydrogens is 259 g/mol. The predicted molar refractivity (Wildman–Crippen MR) is 61.4 cm³/mol. The van der Waals surface area contributed by atoms with Crippen LogP contribution in [0.1, 0.15) is 15.9 Å². The lowest BCUT2D eigenvalue weighted by atomic mass is 10.1. The normalized spacial score (nSPS) is 11.1. The summed E-state index contributed by atoms with van der Waals surface area (Å²) in [6.45, 7) is 0. The summed E-state index contributed by atoms with van der Waals surface area (Å²) in [5, 5.41) is 2.47. The Morgan fingerprint density at radius 2 is 1.63 bits per heavy atom. The van der Waals surface area contributed by atoms with Crippen LogP contribution in [0, 0.1) is 0 Å². The van der Waals surface area contributed by atoms with Gasteiger partial charge in [0.25, 0.3) is 5.91 Å². The van der Waals surface area contributed by atoms with Gasteiger partial charge in [0, 0.05) is 5.56 Å². The molecule has 0 spiro atoms. The van der Waals surface area contributed by atoms with Crippen molar-refractivity contribution in [3.8, 4) is 0 Å². The molecule has 7 heteroatoms. The lowest BCUT2D eigenvalue weighted by molar-refractivity contribution is -0.137. The Hall–Kier alpha value is -2.44. The SMILES string of the molecule is O=C(Nc1cncnc1)c1ccc(C(F)(F)F)cc1. The van der Waals surface area contributed by atoms with Gasteiger partial charge in [-0.1, -0.05) is 0 Å². The number of halogens is 3. The summed E-state index contributed by atoms with van der Waals surface area (Å²) >= 11 is 0. The minimum absolute atomic E-state index is 0.122. The van der Waals surface area contributed by atoms with Crippen LogP contribution in [0.25, 0.3) is 0 Å². The Bertz CT molecular complexity index is 567. The molecule has 1 aromatic carbocycles. The zero-order valence-electron chi connectivity index (χ0n) is 9.48. The second-order valence-corrected chi connectivity index (χ2v) is 3.66. The summed E-state index contributed by atoms with van der Waals surface area (Å²) in [4.78, 5) is 19.1. The average molecular weight is 267 g/mol. The highest BCUT2D eigenvalue weighted by molar-refractivity contribution is 6.04. The number of nitrogens with zero attached hydrogens (tertiary/aromatic N) is 2. The molecule has 2 rings (SSSR count). The first-order valence-corrected chi connectivity index (χ1v) is 5.20. The standard InChI is InChI=1S/C12H8F3N3O/c13-12(14,15)9-3-1-8(2-4-9)11(19)18-10-5-16-7-17-6-10/h1-7H,(H,18,19). The number of hydrogen-bond donors (Lipinski definition) is 1. The Morgan fingerprint density at radius 3 is 2.16 bits per heavy atom. The molecule has 0 atom stereocenters. The van der Waals surface area contributed by atoms with Gasteiger partial charge in [-0.15, -0.1) is 0 Å². The van der Waals surface area contributed by atoms with E-state index >= 15 is 0 Å². The number of carbonyl (C=O) groups excluding carboxylic acids is 1. The average Bonchev–Trinajstić information content (AvgIpc) is 2.39. The van der Waals surface area contributed by atoms with Crippen LogP contribution in [0.3, 0.4) is 0 Å². The molecular formula is C12H8F3N3O. The Labute approximate surface area is 106 Å². The minimum Gasteiger partial charge on any atom is -0.319 e. The molecule has 4 nitrogen and oxygen atoms in total. The maximum atomic E-state index is 12.4. The highest BCUT2D eigenvalue weighted by Gasteiger charge is 2.30. The van der Waals surface area contributed by atoms with Crippen LogP contribution in [-0.4, -0.2) is 15.9 Å². The third-order valence-corrected chi connectivity index (χ3v) is 2.29. The zero-order valence-corrected chi connectivity index (χ0v) is 9.48. The van der Waals surface area contributed by atoms with Crippen LogP contribution in [0.15, 0.2) is 43.0 Å². The lowest BCUT2D eigenvalue weighted by Gasteiger charge is -2.08. The molecule has 0 fully saturated rings. The fourth-order valence-electron chi connectivity index (χ4n) is 1.38. The largest absolute Gasteiger partial charge is 0.416 e. The van der Waals surface area contributed by atoms with Gasteiger partial charge in [0.05, 0.1) is 23.6 Å². The van der Waals surface area contributed by atoms with Gasteiger partial charge < -0.3 is 5.32 Å². The monoisotopic (exact) mass is 267 g/mol. The van der Waals surface area contributed by atoms with E-state index in [0.29, 0.717) is 5.69 Å². The quantitative estimate of drug-likeness (QED) is 0.910.